The first kappa shape index (κ1) is 30.1. The van der Waals surface area contributed by atoms with E-state index in [0.717, 1.165) is 61.5 Å². The van der Waals surface area contributed by atoms with E-state index in [1.165, 1.54) is 11.1 Å². The van der Waals surface area contributed by atoms with Gasteiger partial charge in [-0.2, -0.15) is 0 Å². The number of para-hydroxylation sites is 2. The molecule has 4 aromatic carbocycles. The summed E-state index contributed by atoms with van der Waals surface area (Å²) in [6.07, 6.45) is 5.79. The topological polar surface area (TPSA) is 40.9 Å². The van der Waals surface area contributed by atoms with Gasteiger partial charge in [-0.15, -0.1) is 0 Å². The standard InChI is InChI=1S/C38H32N4.C2H6/c1-6-34(41-27(4)26(3)22-29-13-8-7-12-25(29)2)30-18-20-36-32(23-30)31-19-17-28-14-11-21-40-38(28)33(31)24-42(36)37-16-10-9-15-35(37)39-5;1-2/h6-23H,1,4-5,24H2,2-3H3;1-2H3/b26-22+,41-34?;. The maximum atomic E-state index is 4.94. The lowest BCUT2D eigenvalue weighted by Crippen LogP contribution is -2.22. The van der Waals surface area contributed by atoms with Crippen molar-refractivity contribution < 1.29 is 0 Å². The number of aliphatic imine (C=N–C) groups is 2. The van der Waals surface area contributed by atoms with Crippen LogP contribution in [0.4, 0.5) is 17.1 Å². The molecular formula is C40H38N4. The van der Waals surface area contributed by atoms with Crippen LogP contribution in [-0.2, 0) is 6.54 Å². The number of hydrogen-bond donors (Lipinski definition) is 0. The number of nitrogens with zero attached hydrogens (tertiary/aromatic N) is 4. The van der Waals surface area contributed by atoms with Crippen LogP contribution in [0.2, 0.25) is 0 Å². The molecule has 4 nitrogen and oxygen atoms in total. The molecule has 6 rings (SSSR count). The number of allylic oxidation sites excluding steroid dienone is 2. The van der Waals surface area contributed by atoms with E-state index >= 15 is 0 Å². The normalized spacial score (nSPS) is 12.5. The Bertz CT molecular complexity index is 1940. The molecule has 5 aromatic rings. The average Bonchev–Trinajstić information content (AvgIpc) is 3.08. The highest BCUT2D eigenvalue weighted by atomic mass is 15.2. The SMILES string of the molecule is C=CC(=NC(=C)/C(C)=C/c1ccccc1C)c1ccc2c(c1)-c1ccc3cccnc3c1CN2c1ccccc1N=C.CC. The van der Waals surface area contributed by atoms with E-state index in [1.54, 1.807) is 6.08 Å². The van der Waals surface area contributed by atoms with Crippen LogP contribution in [0.1, 0.15) is 43.0 Å². The summed E-state index contributed by atoms with van der Waals surface area (Å²) in [5.41, 5.74) is 13.2. The molecule has 4 heteroatoms. The van der Waals surface area contributed by atoms with Crippen molar-refractivity contribution in [1.82, 2.24) is 4.98 Å². The first-order valence-corrected chi connectivity index (χ1v) is 15.0. The van der Waals surface area contributed by atoms with Gasteiger partial charge in [0.2, 0.25) is 0 Å². The number of fused-ring (bicyclic) bond motifs is 5. The second-order valence-corrected chi connectivity index (χ2v) is 10.5. The number of hydrogen-bond acceptors (Lipinski definition) is 4. The molecule has 1 aliphatic heterocycles. The lowest BCUT2D eigenvalue weighted by Gasteiger charge is -2.34. The predicted octanol–water partition coefficient (Wildman–Crippen LogP) is 10.8. The van der Waals surface area contributed by atoms with Gasteiger partial charge in [-0.1, -0.05) is 87.7 Å². The van der Waals surface area contributed by atoms with Gasteiger partial charge in [0, 0.05) is 34.0 Å². The van der Waals surface area contributed by atoms with Gasteiger partial charge in [0.15, 0.2) is 0 Å². The molecule has 1 aliphatic rings. The Balaban J connectivity index is 0.00000188. The van der Waals surface area contributed by atoms with Crippen molar-refractivity contribution in [2.45, 2.75) is 34.2 Å². The van der Waals surface area contributed by atoms with Gasteiger partial charge in [-0.05, 0) is 85.3 Å². The van der Waals surface area contributed by atoms with Gasteiger partial charge in [-0.25, -0.2) is 4.99 Å². The number of pyridine rings is 1. The molecule has 0 unspecified atom stereocenters. The minimum absolute atomic E-state index is 0.671. The molecule has 0 atom stereocenters. The fourth-order valence-corrected chi connectivity index (χ4v) is 5.58. The molecule has 218 valence electrons. The highest BCUT2D eigenvalue weighted by Gasteiger charge is 2.27. The Kier molecular flexibility index (Phi) is 9.11. The van der Waals surface area contributed by atoms with Gasteiger partial charge in [-0.3, -0.25) is 9.98 Å². The number of rotatable bonds is 7. The molecule has 0 bridgehead atoms. The number of benzene rings is 4. The smallest absolute Gasteiger partial charge is 0.0859 e. The van der Waals surface area contributed by atoms with Gasteiger partial charge < -0.3 is 4.90 Å². The van der Waals surface area contributed by atoms with Crippen molar-refractivity contribution in [3.05, 3.63) is 150 Å². The van der Waals surface area contributed by atoms with Crippen molar-refractivity contribution in [1.29, 1.82) is 0 Å². The Labute approximate surface area is 261 Å². The van der Waals surface area contributed by atoms with E-state index in [0.29, 0.717) is 12.2 Å². The Hall–Kier alpha value is -5.35. The maximum Gasteiger partial charge on any atom is 0.0859 e. The second-order valence-electron chi connectivity index (χ2n) is 10.5. The summed E-state index contributed by atoms with van der Waals surface area (Å²) in [6.45, 7) is 21.0. The molecule has 0 radical (unpaired) electrons. The Morgan fingerprint density at radius 3 is 2.43 bits per heavy atom. The Morgan fingerprint density at radius 1 is 0.886 bits per heavy atom. The number of anilines is 2. The summed E-state index contributed by atoms with van der Waals surface area (Å²) in [4.78, 5) is 16.4. The van der Waals surface area contributed by atoms with Crippen LogP contribution in [0.3, 0.4) is 0 Å². The third kappa shape index (κ3) is 5.80. The van der Waals surface area contributed by atoms with Crippen LogP contribution >= 0.6 is 0 Å². The minimum atomic E-state index is 0.671. The molecule has 0 aliphatic carbocycles. The third-order valence-corrected chi connectivity index (χ3v) is 7.88. The molecular weight excluding hydrogens is 536 g/mol. The molecule has 1 aromatic heterocycles. The van der Waals surface area contributed by atoms with Gasteiger partial charge in [0.05, 0.1) is 34.8 Å². The van der Waals surface area contributed by atoms with E-state index in [1.807, 2.05) is 63.4 Å². The predicted molar refractivity (Wildman–Crippen MR) is 191 cm³/mol. The van der Waals surface area contributed by atoms with Crippen molar-refractivity contribution in [3.63, 3.8) is 0 Å². The Morgan fingerprint density at radius 2 is 1.66 bits per heavy atom. The molecule has 2 heterocycles. The van der Waals surface area contributed by atoms with Crippen molar-refractivity contribution in [2.24, 2.45) is 9.98 Å². The highest BCUT2D eigenvalue weighted by Crippen LogP contribution is 2.47. The van der Waals surface area contributed by atoms with Crippen LogP contribution in [-0.4, -0.2) is 17.4 Å². The summed E-state index contributed by atoms with van der Waals surface area (Å²) >= 11 is 0. The third-order valence-electron chi connectivity index (χ3n) is 7.88. The zero-order valence-corrected chi connectivity index (χ0v) is 26.0. The van der Waals surface area contributed by atoms with Crippen molar-refractivity contribution in [2.75, 3.05) is 4.90 Å². The van der Waals surface area contributed by atoms with Crippen LogP contribution in [0.25, 0.3) is 28.1 Å². The molecule has 0 fully saturated rings. The zero-order valence-electron chi connectivity index (χ0n) is 26.0. The first-order valence-electron chi connectivity index (χ1n) is 15.0. The van der Waals surface area contributed by atoms with E-state index in [2.05, 4.69) is 97.4 Å². The summed E-state index contributed by atoms with van der Waals surface area (Å²) in [7, 11) is 0. The zero-order chi connectivity index (χ0) is 31.2. The molecule has 0 saturated carbocycles. The number of aromatic nitrogens is 1. The van der Waals surface area contributed by atoms with Gasteiger partial charge >= 0.3 is 0 Å². The minimum Gasteiger partial charge on any atom is -0.335 e. The van der Waals surface area contributed by atoms with Crippen LogP contribution < -0.4 is 4.90 Å². The molecule has 0 spiro atoms. The van der Waals surface area contributed by atoms with E-state index < -0.39 is 0 Å². The fourth-order valence-electron chi connectivity index (χ4n) is 5.58. The molecule has 0 saturated heterocycles. The van der Waals surface area contributed by atoms with Crippen molar-refractivity contribution in [3.8, 4) is 11.1 Å². The highest BCUT2D eigenvalue weighted by molar-refractivity contribution is 6.11. The van der Waals surface area contributed by atoms with E-state index in [-0.39, 0.29) is 0 Å². The molecule has 0 amide bonds. The largest absolute Gasteiger partial charge is 0.335 e. The quantitative estimate of drug-likeness (QED) is 0.143. The number of aryl methyl sites for hydroxylation is 1. The fraction of sp³-hybridized carbons (Fsp3) is 0.125. The van der Waals surface area contributed by atoms with E-state index in [4.69, 9.17) is 9.98 Å². The lowest BCUT2D eigenvalue weighted by molar-refractivity contribution is 0.966. The second kappa shape index (κ2) is 13.3. The monoisotopic (exact) mass is 574 g/mol. The van der Waals surface area contributed by atoms with Gasteiger partial charge in [0.1, 0.15) is 0 Å². The lowest BCUT2D eigenvalue weighted by atomic mass is 9.89. The van der Waals surface area contributed by atoms with Gasteiger partial charge in [0.25, 0.3) is 0 Å². The van der Waals surface area contributed by atoms with Crippen LogP contribution in [0.15, 0.2) is 138 Å². The summed E-state index contributed by atoms with van der Waals surface area (Å²) in [6, 6.07) is 31.3. The van der Waals surface area contributed by atoms with E-state index in [9.17, 15) is 0 Å². The van der Waals surface area contributed by atoms with Crippen LogP contribution in [0.5, 0.6) is 0 Å². The van der Waals surface area contributed by atoms with Crippen LogP contribution in [0, 0.1) is 6.92 Å². The van der Waals surface area contributed by atoms with Crippen molar-refractivity contribution >= 4 is 46.5 Å². The molecule has 44 heavy (non-hydrogen) atoms. The summed E-state index contributed by atoms with van der Waals surface area (Å²) in [5.74, 6) is 0. The summed E-state index contributed by atoms with van der Waals surface area (Å²) in [5, 5.41) is 1.12. The summed E-state index contributed by atoms with van der Waals surface area (Å²) < 4.78 is 0. The first-order chi connectivity index (χ1) is 21.5. The average molecular weight is 575 g/mol. The molecule has 0 N–H and O–H groups in total. The maximum absolute atomic E-state index is 4.94.